The fraction of sp³-hybridized carbons (Fsp3) is 0.500. The van der Waals surface area contributed by atoms with E-state index in [2.05, 4.69) is 14.7 Å². The molecule has 4 nitrogen and oxygen atoms in total. The number of carbonyl (C=O) groups excluding carboxylic acids is 1. The Labute approximate surface area is 93.5 Å². The van der Waals surface area contributed by atoms with Crippen LogP contribution in [0.1, 0.15) is 30.0 Å². The van der Waals surface area contributed by atoms with E-state index >= 15 is 0 Å². The van der Waals surface area contributed by atoms with E-state index in [4.69, 9.17) is 0 Å². The Balaban J connectivity index is 3.08. The first-order valence-corrected chi connectivity index (χ1v) is 5.51. The van der Waals surface area contributed by atoms with Crippen molar-refractivity contribution in [2.45, 2.75) is 31.0 Å². The van der Waals surface area contributed by atoms with Gasteiger partial charge in [0.15, 0.2) is 0 Å². The standard InChI is InChI=1S/C10H14N2O2S/c1-6(2)15-9-8(10(13)14-4)5-11-7(3)12-9/h5-6H,1-4H3. The highest BCUT2D eigenvalue weighted by Crippen LogP contribution is 2.24. The first-order chi connectivity index (χ1) is 7.04. The lowest BCUT2D eigenvalue weighted by Crippen LogP contribution is -2.07. The molecular formula is C10H14N2O2S. The summed E-state index contributed by atoms with van der Waals surface area (Å²) in [5, 5.41) is 1.05. The molecule has 0 amide bonds. The molecule has 0 fully saturated rings. The molecule has 0 N–H and O–H groups in total. The summed E-state index contributed by atoms with van der Waals surface area (Å²) in [5.41, 5.74) is 0.432. The average Bonchev–Trinajstić information content (AvgIpc) is 2.16. The van der Waals surface area contributed by atoms with Crippen LogP contribution in [0.5, 0.6) is 0 Å². The van der Waals surface area contributed by atoms with Crippen LogP contribution in [0.25, 0.3) is 0 Å². The maximum absolute atomic E-state index is 11.4. The van der Waals surface area contributed by atoms with E-state index in [1.54, 1.807) is 6.92 Å². The maximum atomic E-state index is 11.4. The molecule has 0 atom stereocenters. The number of hydrogen-bond acceptors (Lipinski definition) is 5. The molecule has 1 aromatic heterocycles. The number of methoxy groups -OCH3 is 1. The second-order valence-electron chi connectivity index (χ2n) is 3.29. The number of nitrogens with zero attached hydrogens (tertiary/aromatic N) is 2. The van der Waals surface area contributed by atoms with Gasteiger partial charge in [-0.05, 0) is 6.92 Å². The second kappa shape index (κ2) is 5.11. The third kappa shape index (κ3) is 3.20. The third-order valence-corrected chi connectivity index (χ3v) is 2.63. The molecule has 1 aromatic rings. The number of thioether (sulfide) groups is 1. The molecule has 0 aromatic carbocycles. The van der Waals surface area contributed by atoms with Gasteiger partial charge >= 0.3 is 5.97 Å². The molecular weight excluding hydrogens is 212 g/mol. The largest absolute Gasteiger partial charge is 0.465 e. The quantitative estimate of drug-likeness (QED) is 0.448. The monoisotopic (exact) mass is 226 g/mol. The summed E-state index contributed by atoms with van der Waals surface area (Å²) in [6.45, 7) is 5.89. The smallest absolute Gasteiger partial charge is 0.342 e. The molecule has 0 bridgehead atoms. The maximum Gasteiger partial charge on any atom is 0.342 e. The number of aromatic nitrogens is 2. The predicted octanol–water partition coefficient (Wildman–Crippen LogP) is 2.07. The highest BCUT2D eigenvalue weighted by molar-refractivity contribution is 7.99. The van der Waals surface area contributed by atoms with Crippen molar-refractivity contribution in [2.24, 2.45) is 0 Å². The summed E-state index contributed by atoms with van der Waals surface area (Å²) in [5.74, 6) is 0.268. The van der Waals surface area contributed by atoms with E-state index < -0.39 is 5.97 Å². The van der Waals surface area contributed by atoms with Crippen molar-refractivity contribution in [1.82, 2.24) is 9.97 Å². The molecule has 82 valence electrons. The molecule has 0 spiro atoms. The molecule has 0 saturated heterocycles. The SMILES string of the molecule is COC(=O)c1cnc(C)nc1SC(C)C. The third-order valence-electron chi connectivity index (χ3n) is 1.63. The van der Waals surface area contributed by atoms with Gasteiger partial charge in [-0.15, -0.1) is 11.8 Å². The van der Waals surface area contributed by atoms with Crippen LogP contribution in [0.15, 0.2) is 11.2 Å². The summed E-state index contributed by atoms with van der Waals surface area (Å²) >= 11 is 1.53. The lowest BCUT2D eigenvalue weighted by molar-refractivity contribution is 0.0595. The highest BCUT2D eigenvalue weighted by Gasteiger charge is 2.15. The lowest BCUT2D eigenvalue weighted by Gasteiger charge is -2.08. The molecule has 0 aliphatic heterocycles. The molecule has 0 aliphatic rings. The van der Waals surface area contributed by atoms with E-state index in [0.29, 0.717) is 21.7 Å². The van der Waals surface area contributed by atoms with E-state index in [0.717, 1.165) is 0 Å². The zero-order chi connectivity index (χ0) is 11.4. The Morgan fingerprint density at radius 1 is 1.53 bits per heavy atom. The number of hydrogen-bond donors (Lipinski definition) is 0. The van der Waals surface area contributed by atoms with Gasteiger partial charge in [0.1, 0.15) is 16.4 Å². The number of esters is 1. The summed E-state index contributed by atoms with van der Waals surface area (Å²) in [4.78, 5) is 19.6. The molecule has 1 heterocycles. The van der Waals surface area contributed by atoms with Crippen LogP contribution in [0.3, 0.4) is 0 Å². The Morgan fingerprint density at radius 3 is 2.73 bits per heavy atom. The summed E-state index contributed by atoms with van der Waals surface area (Å²) in [6, 6.07) is 0. The normalized spacial score (nSPS) is 10.5. The second-order valence-corrected chi connectivity index (χ2v) is 4.86. The zero-order valence-corrected chi connectivity index (χ0v) is 10.1. The Morgan fingerprint density at radius 2 is 2.20 bits per heavy atom. The highest BCUT2D eigenvalue weighted by atomic mass is 32.2. The molecule has 0 radical (unpaired) electrons. The van der Waals surface area contributed by atoms with Crippen molar-refractivity contribution < 1.29 is 9.53 Å². The number of rotatable bonds is 3. The van der Waals surface area contributed by atoms with E-state index in [1.165, 1.54) is 25.1 Å². The van der Waals surface area contributed by atoms with Gasteiger partial charge in [0, 0.05) is 11.4 Å². The average molecular weight is 226 g/mol. The van der Waals surface area contributed by atoms with Crippen LogP contribution >= 0.6 is 11.8 Å². The first-order valence-electron chi connectivity index (χ1n) is 4.63. The van der Waals surface area contributed by atoms with Gasteiger partial charge in [-0.3, -0.25) is 0 Å². The molecule has 0 aliphatic carbocycles. The van der Waals surface area contributed by atoms with Gasteiger partial charge in [-0.1, -0.05) is 13.8 Å². The molecule has 15 heavy (non-hydrogen) atoms. The number of ether oxygens (including phenoxy) is 1. The molecule has 0 unspecified atom stereocenters. The topological polar surface area (TPSA) is 52.1 Å². The summed E-state index contributed by atoms with van der Waals surface area (Å²) in [6.07, 6.45) is 1.51. The fourth-order valence-corrected chi connectivity index (χ4v) is 1.91. The number of carbonyl (C=O) groups is 1. The van der Waals surface area contributed by atoms with Crippen LogP contribution < -0.4 is 0 Å². The van der Waals surface area contributed by atoms with Crippen LogP contribution in [0, 0.1) is 6.92 Å². The Hall–Kier alpha value is -1.10. The number of aryl methyl sites for hydroxylation is 1. The van der Waals surface area contributed by atoms with Crippen molar-refractivity contribution in [3.8, 4) is 0 Å². The molecule has 1 rings (SSSR count). The molecule has 5 heteroatoms. The van der Waals surface area contributed by atoms with Crippen LogP contribution in [0.4, 0.5) is 0 Å². The van der Waals surface area contributed by atoms with Gasteiger partial charge in [0.25, 0.3) is 0 Å². The van der Waals surface area contributed by atoms with Crippen LogP contribution in [0.2, 0.25) is 0 Å². The molecule has 0 saturated carbocycles. The first kappa shape index (κ1) is 12.0. The fourth-order valence-electron chi connectivity index (χ4n) is 1.01. The Bertz CT molecular complexity index is 366. The summed E-state index contributed by atoms with van der Waals surface area (Å²) in [7, 11) is 1.35. The Kier molecular flexibility index (Phi) is 4.08. The van der Waals surface area contributed by atoms with Crippen LogP contribution in [-0.2, 0) is 4.74 Å². The van der Waals surface area contributed by atoms with Crippen LogP contribution in [-0.4, -0.2) is 28.3 Å². The van der Waals surface area contributed by atoms with Crippen molar-refractivity contribution in [3.05, 3.63) is 17.6 Å². The van der Waals surface area contributed by atoms with E-state index in [1.807, 2.05) is 13.8 Å². The van der Waals surface area contributed by atoms with E-state index in [-0.39, 0.29) is 0 Å². The van der Waals surface area contributed by atoms with Gasteiger partial charge in [-0.25, -0.2) is 14.8 Å². The van der Waals surface area contributed by atoms with Gasteiger partial charge in [0.2, 0.25) is 0 Å². The zero-order valence-electron chi connectivity index (χ0n) is 9.27. The minimum Gasteiger partial charge on any atom is -0.465 e. The predicted molar refractivity (Wildman–Crippen MR) is 59.1 cm³/mol. The summed E-state index contributed by atoms with van der Waals surface area (Å²) < 4.78 is 4.67. The van der Waals surface area contributed by atoms with Gasteiger partial charge in [0.05, 0.1) is 7.11 Å². The van der Waals surface area contributed by atoms with Gasteiger partial charge < -0.3 is 4.74 Å². The lowest BCUT2D eigenvalue weighted by atomic mass is 10.3. The van der Waals surface area contributed by atoms with Gasteiger partial charge in [-0.2, -0.15) is 0 Å². The minimum atomic E-state index is -0.391. The van der Waals surface area contributed by atoms with Crippen molar-refractivity contribution in [3.63, 3.8) is 0 Å². The van der Waals surface area contributed by atoms with E-state index in [9.17, 15) is 4.79 Å². The van der Waals surface area contributed by atoms with Crippen molar-refractivity contribution in [1.29, 1.82) is 0 Å². The van der Waals surface area contributed by atoms with Crippen molar-refractivity contribution in [2.75, 3.05) is 7.11 Å². The minimum absolute atomic E-state index is 0.364. The van der Waals surface area contributed by atoms with Crippen molar-refractivity contribution >= 4 is 17.7 Å².